The highest BCUT2D eigenvalue weighted by molar-refractivity contribution is 7.25. The number of hydrogen-bond donors (Lipinski definition) is 0. The van der Waals surface area contributed by atoms with Crippen molar-refractivity contribution in [2.24, 2.45) is 0 Å². The zero-order chi connectivity index (χ0) is 26.3. The molecule has 0 radical (unpaired) electrons. The Morgan fingerprint density at radius 3 is 2.00 bits per heavy atom. The molecule has 0 spiro atoms. The Bertz CT molecular complexity index is 2120. The fraction of sp³-hybridized carbons (Fsp3) is 0.0270. The van der Waals surface area contributed by atoms with Crippen molar-refractivity contribution in [3.63, 3.8) is 0 Å². The molecule has 40 heavy (non-hydrogen) atoms. The van der Waals surface area contributed by atoms with Crippen molar-refractivity contribution in [1.29, 1.82) is 0 Å². The molecule has 0 aliphatic carbocycles. The van der Waals surface area contributed by atoms with E-state index in [1.807, 2.05) is 23.5 Å². The summed E-state index contributed by atoms with van der Waals surface area (Å²) in [7, 11) is 0. The molecule has 2 nitrogen and oxygen atoms in total. The molecule has 188 valence electrons. The van der Waals surface area contributed by atoms with Crippen molar-refractivity contribution in [2.75, 3.05) is 0 Å². The van der Waals surface area contributed by atoms with Crippen LogP contribution in [0.4, 0.5) is 0 Å². The van der Waals surface area contributed by atoms with E-state index in [4.69, 9.17) is 9.47 Å². The highest BCUT2D eigenvalue weighted by Crippen LogP contribution is 2.62. The first-order valence-corrected chi connectivity index (χ1v) is 14.3. The fourth-order valence-corrected chi connectivity index (χ4v) is 7.86. The first kappa shape index (κ1) is 22.0. The summed E-state index contributed by atoms with van der Waals surface area (Å²) >= 11 is 1.85. The maximum absolute atomic E-state index is 6.71. The molecule has 3 heteroatoms. The monoisotopic (exact) mass is 530 g/mol. The van der Waals surface area contributed by atoms with Gasteiger partial charge in [0, 0.05) is 31.3 Å². The molecule has 7 aromatic rings. The van der Waals surface area contributed by atoms with Crippen LogP contribution in [0, 0.1) is 0 Å². The Kier molecular flexibility index (Phi) is 4.44. The van der Waals surface area contributed by atoms with Gasteiger partial charge in [-0.25, -0.2) is 0 Å². The second kappa shape index (κ2) is 8.08. The molecule has 3 heterocycles. The largest absolute Gasteiger partial charge is 0.457 e. The smallest absolute Gasteiger partial charge is 0.135 e. The van der Waals surface area contributed by atoms with Gasteiger partial charge in [-0.05, 0) is 53.1 Å². The van der Waals surface area contributed by atoms with Gasteiger partial charge in [-0.3, -0.25) is 0 Å². The molecule has 0 saturated heterocycles. The summed E-state index contributed by atoms with van der Waals surface area (Å²) in [4.78, 5) is 0. The van der Waals surface area contributed by atoms with Gasteiger partial charge in [0.25, 0.3) is 0 Å². The lowest BCUT2D eigenvalue weighted by Gasteiger charge is -2.45. The number of fused-ring (bicyclic) bond motifs is 7. The SMILES string of the molecule is c1ccc(C23c4ccccc4Oc4cccc(c42)Oc2cc(-c4ccc5c(c4)sc4ccccc45)ccc23)cc1. The number of para-hydroxylation sites is 1. The van der Waals surface area contributed by atoms with E-state index in [-0.39, 0.29) is 0 Å². The predicted molar refractivity (Wildman–Crippen MR) is 163 cm³/mol. The van der Waals surface area contributed by atoms with Crippen LogP contribution >= 0.6 is 11.3 Å². The van der Waals surface area contributed by atoms with Gasteiger partial charge in [-0.15, -0.1) is 11.3 Å². The Hall–Kier alpha value is -4.86. The van der Waals surface area contributed by atoms with E-state index in [9.17, 15) is 0 Å². The molecule has 6 aromatic carbocycles. The summed E-state index contributed by atoms with van der Waals surface area (Å²) in [5.74, 6) is 3.42. The molecular formula is C37H22O2S. The standard InChI is InChI=1S/C37H22O2S/c1-2-9-25(10-3-1)37-28-12-5-6-13-30(28)38-31-14-8-15-32(36(31)37)39-33-21-23(18-20-29(33)37)24-17-19-27-26-11-4-7-16-34(26)40-35(27)22-24/h1-22H. The van der Waals surface area contributed by atoms with Crippen LogP contribution in [0.2, 0.25) is 0 Å². The van der Waals surface area contributed by atoms with Crippen LogP contribution in [-0.2, 0) is 5.41 Å². The first-order valence-electron chi connectivity index (χ1n) is 13.5. The van der Waals surface area contributed by atoms with E-state index >= 15 is 0 Å². The molecule has 1 unspecified atom stereocenters. The number of thiophene rings is 1. The number of ether oxygens (including phenoxy) is 2. The van der Waals surface area contributed by atoms with E-state index in [0.29, 0.717) is 0 Å². The van der Waals surface area contributed by atoms with Gasteiger partial charge in [0.05, 0.1) is 11.0 Å². The first-order chi connectivity index (χ1) is 19.8. The van der Waals surface area contributed by atoms with Crippen LogP contribution < -0.4 is 9.47 Å². The highest BCUT2D eigenvalue weighted by Gasteiger charge is 2.51. The van der Waals surface area contributed by atoms with E-state index in [1.165, 1.54) is 31.3 Å². The fourth-order valence-electron chi connectivity index (χ4n) is 6.71. The second-order valence-electron chi connectivity index (χ2n) is 10.5. The molecule has 2 aliphatic rings. The minimum atomic E-state index is -0.552. The van der Waals surface area contributed by atoms with Gasteiger partial charge in [0.15, 0.2) is 0 Å². The molecular weight excluding hydrogens is 508 g/mol. The lowest BCUT2D eigenvalue weighted by molar-refractivity contribution is 0.385. The van der Waals surface area contributed by atoms with Crippen molar-refractivity contribution < 1.29 is 9.47 Å². The van der Waals surface area contributed by atoms with E-state index < -0.39 is 5.41 Å². The van der Waals surface area contributed by atoms with Crippen LogP contribution in [0.1, 0.15) is 22.3 Å². The normalized spacial score (nSPS) is 16.5. The summed E-state index contributed by atoms with van der Waals surface area (Å²) in [6, 6.07) is 47.4. The Morgan fingerprint density at radius 1 is 0.450 bits per heavy atom. The van der Waals surface area contributed by atoms with Crippen molar-refractivity contribution in [1.82, 2.24) is 0 Å². The number of hydrogen-bond acceptors (Lipinski definition) is 3. The third kappa shape index (κ3) is 2.87. The molecule has 2 aliphatic heterocycles. The van der Waals surface area contributed by atoms with Gasteiger partial charge < -0.3 is 9.47 Å². The van der Waals surface area contributed by atoms with Crippen LogP contribution in [0.5, 0.6) is 23.0 Å². The zero-order valence-corrected chi connectivity index (χ0v) is 22.2. The number of rotatable bonds is 2. The minimum absolute atomic E-state index is 0.552. The molecule has 0 saturated carbocycles. The third-order valence-electron chi connectivity index (χ3n) is 8.40. The molecule has 1 atom stereocenters. The lowest BCUT2D eigenvalue weighted by atomic mass is 9.62. The average molecular weight is 531 g/mol. The summed E-state index contributed by atoms with van der Waals surface area (Å²) in [5, 5.41) is 2.63. The van der Waals surface area contributed by atoms with Crippen molar-refractivity contribution in [2.45, 2.75) is 5.41 Å². The minimum Gasteiger partial charge on any atom is -0.457 e. The molecule has 0 fully saturated rings. The highest BCUT2D eigenvalue weighted by atomic mass is 32.1. The van der Waals surface area contributed by atoms with E-state index in [1.54, 1.807) is 0 Å². The topological polar surface area (TPSA) is 18.5 Å². The van der Waals surface area contributed by atoms with Gasteiger partial charge in [0.1, 0.15) is 23.0 Å². The van der Waals surface area contributed by atoms with Crippen LogP contribution in [-0.4, -0.2) is 0 Å². The van der Waals surface area contributed by atoms with Gasteiger partial charge in [0.2, 0.25) is 0 Å². The molecule has 9 rings (SSSR count). The maximum atomic E-state index is 6.71. The van der Waals surface area contributed by atoms with E-state index in [0.717, 1.165) is 45.3 Å². The summed E-state index contributed by atoms with van der Waals surface area (Å²) in [6.45, 7) is 0. The van der Waals surface area contributed by atoms with E-state index in [2.05, 4.69) is 121 Å². The summed E-state index contributed by atoms with van der Waals surface area (Å²) < 4.78 is 15.8. The van der Waals surface area contributed by atoms with Gasteiger partial charge in [-0.1, -0.05) is 97.1 Å². The quantitative estimate of drug-likeness (QED) is 0.221. The Morgan fingerprint density at radius 2 is 1.10 bits per heavy atom. The molecule has 1 aromatic heterocycles. The molecule has 0 N–H and O–H groups in total. The zero-order valence-electron chi connectivity index (χ0n) is 21.4. The third-order valence-corrected chi connectivity index (χ3v) is 9.53. The van der Waals surface area contributed by atoms with Crippen LogP contribution in [0.25, 0.3) is 31.3 Å². The Balaban J connectivity index is 1.31. The van der Waals surface area contributed by atoms with Crippen LogP contribution in [0.3, 0.4) is 0 Å². The van der Waals surface area contributed by atoms with Crippen molar-refractivity contribution >= 4 is 31.5 Å². The van der Waals surface area contributed by atoms with Gasteiger partial charge in [-0.2, -0.15) is 0 Å². The second-order valence-corrected chi connectivity index (χ2v) is 11.5. The Labute approximate surface area is 235 Å². The number of benzene rings is 6. The lowest BCUT2D eigenvalue weighted by Crippen LogP contribution is -2.36. The maximum Gasteiger partial charge on any atom is 0.135 e. The van der Waals surface area contributed by atoms with Crippen molar-refractivity contribution in [3.8, 4) is 34.1 Å². The van der Waals surface area contributed by atoms with Crippen LogP contribution in [0.15, 0.2) is 133 Å². The molecule has 0 bridgehead atoms. The average Bonchev–Trinajstić information content (AvgIpc) is 3.39. The predicted octanol–water partition coefficient (Wildman–Crippen LogP) is 10.3. The summed E-state index contributed by atoms with van der Waals surface area (Å²) in [6.07, 6.45) is 0. The van der Waals surface area contributed by atoms with Gasteiger partial charge >= 0.3 is 0 Å². The molecule has 0 amide bonds. The summed E-state index contributed by atoms with van der Waals surface area (Å²) in [5.41, 5.74) is 6.29. The van der Waals surface area contributed by atoms with Crippen molar-refractivity contribution in [3.05, 3.63) is 156 Å².